The van der Waals surface area contributed by atoms with E-state index < -0.39 is 0 Å². The first kappa shape index (κ1) is 16.4. The van der Waals surface area contributed by atoms with Gasteiger partial charge in [-0.3, -0.25) is 5.10 Å². The van der Waals surface area contributed by atoms with Crippen molar-refractivity contribution in [2.75, 3.05) is 0 Å². The molecule has 3 nitrogen and oxygen atoms in total. The molecule has 0 aliphatic heterocycles. The van der Waals surface area contributed by atoms with Crippen LogP contribution in [0, 0.1) is 0 Å². The zero-order chi connectivity index (χ0) is 11.5. The van der Waals surface area contributed by atoms with Gasteiger partial charge in [0.25, 0.3) is 0 Å². The molecule has 0 N–H and O–H groups in total. The average Bonchev–Trinajstić information content (AvgIpc) is 2.66. The third kappa shape index (κ3) is 3.72. The van der Waals surface area contributed by atoms with Crippen molar-refractivity contribution >= 4 is 11.0 Å². The number of aromatic nitrogens is 3. The fraction of sp³-hybridized carbons (Fsp3) is 0.500. The molecule has 0 unspecified atom stereocenters. The summed E-state index contributed by atoms with van der Waals surface area (Å²) in [5.74, 6) is 0. The molecule has 16 heavy (non-hydrogen) atoms. The third-order valence-corrected chi connectivity index (χ3v) is 2.12. The number of fused-ring (bicyclic) bond motifs is 1. The number of pyridine rings is 1. The van der Waals surface area contributed by atoms with E-state index in [1.54, 1.807) is 12.4 Å². The summed E-state index contributed by atoms with van der Waals surface area (Å²) in [5.41, 5.74) is 2.12. The molecule has 0 saturated carbocycles. The Labute approximate surface area is 146 Å². The van der Waals surface area contributed by atoms with Crippen molar-refractivity contribution in [2.45, 2.75) is 40.0 Å². The van der Waals surface area contributed by atoms with Crippen molar-refractivity contribution in [3.05, 3.63) is 24.0 Å². The van der Waals surface area contributed by atoms with E-state index in [0.717, 1.165) is 11.0 Å². The van der Waals surface area contributed by atoms with Crippen LogP contribution in [0.4, 0.5) is 0 Å². The van der Waals surface area contributed by atoms with Gasteiger partial charge in [0.1, 0.15) is 0 Å². The fourth-order valence-corrected chi connectivity index (χ4v) is 1.46. The van der Waals surface area contributed by atoms with E-state index in [-0.39, 0.29) is 63.6 Å². The molecule has 0 spiro atoms. The summed E-state index contributed by atoms with van der Waals surface area (Å²) in [5, 5.41) is 8.86. The fourth-order valence-electron chi connectivity index (χ4n) is 1.46. The minimum Gasteiger partial charge on any atom is -0.441 e. The van der Waals surface area contributed by atoms with Crippen LogP contribution >= 0.6 is 0 Å². The first-order valence-electron chi connectivity index (χ1n) is 5.32. The van der Waals surface area contributed by atoms with Crippen LogP contribution in [-0.4, -0.2) is 10.1 Å². The van der Waals surface area contributed by atoms with Crippen molar-refractivity contribution in [3.8, 4) is 0 Å². The first-order valence-corrected chi connectivity index (χ1v) is 5.32. The van der Waals surface area contributed by atoms with Crippen LogP contribution in [0.1, 0.15) is 40.2 Å². The minimum atomic E-state index is 0. The molecule has 0 saturated heterocycles. The maximum Gasteiger partial charge on any atom is 1.00 e. The Morgan fingerprint density at radius 2 is 1.81 bits per heavy atom. The molecular weight excluding hydrogens is 272 g/mol. The van der Waals surface area contributed by atoms with Gasteiger partial charge >= 0.3 is 58.2 Å². The molecular formula is C12H18N3Rb. The van der Waals surface area contributed by atoms with Gasteiger partial charge in [-0.05, 0) is 22.0 Å². The number of hydrogen-bond donors (Lipinski definition) is 0. The topological polar surface area (TPSA) is 39.9 Å². The second-order valence-electron chi connectivity index (χ2n) is 4.19. The number of rotatable bonds is 0. The second kappa shape index (κ2) is 6.99. The Bertz CT molecular complexity index is 429. The number of hydrogen-bond acceptors (Lipinski definition) is 2. The Morgan fingerprint density at radius 1 is 1.19 bits per heavy atom. The Hall–Kier alpha value is 0.425. The Morgan fingerprint density at radius 3 is 2.38 bits per heavy atom. The number of nitrogens with zero attached hydrogens (tertiary/aromatic N) is 3. The van der Waals surface area contributed by atoms with Gasteiger partial charge in [0, 0.05) is 6.20 Å². The normalized spacial score (nSPS) is 10.3. The largest absolute Gasteiger partial charge is 1.00 e. The van der Waals surface area contributed by atoms with E-state index in [9.17, 15) is 0 Å². The first-order chi connectivity index (χ1) is 7.09. The molecule has 2 aromatic rings. The van der Waals surface area contributed by atoms with Gasteiger partial charge < -0.3 is 10.1 Å². The van der Waals surface area contributed by atoms with Crippen LogP contribution in [0.3, 0.4) is 0 Å². The van der Waals surface area contributed by atoms with Gasteiger partial charge in [0.05, 0.1) is 0 Å². The van der Waals surface area contributed by atoms with E-state index in [1.807, 2.05) is 19.9 Å². The van der Waals surface area contributed by atoms with E-state index in [2.05, 4.69) is 36.0 Å². The third-order valence-electron chi connectivity index (χ3n) is 2.12. The molecule has 0 amide bonds. The van der Waals surface area contributed by atoms with Crippen LogP contribution in [0.25, 0.3) is 11.0 Å². The predicted molar refractivity (Wildman–Crippen MR) is 62.9 cm³/mol. The Kier molecular flexibility index (Phi) is 7.18. The maximum atomic E-state index is 4.14. The molecule has 0 atom stereocenters. The van der Waals surface area contributed by atoms with E-state index in [1.165, 1.54) is 5.56 Å². The summed E-state index contributed by atoms with van der Waals surface area (Å²) in [6.45, 7) is 10.5. The van der Waals surface area contributed by atoms with Gasteiger partial charge in [0.15, 0.2) is 0 Å². The predicted octanol–water partition coefficient (Wildman–Crippen LogP) is -0.0853. The van der Waals surface area contributed by atoms with Gasteiger partial charge in [-0.2, -0.15) is 0 Å². The molecule has 0 radical (unpaired) electrons. The molecule has 0 fully saturated rings. The summed E-state index contributed by atoms with van der Waals surface area (Å²) in [6, 6.07) is 2.03. The maximum absolute atomic E-state index is 4.14. The standard InChI is InChI=1S/C10H12N3.C2H6.Rb/c1-10(2,3)8-4-5-11-9-7(8)6-12-13-9;1-2;/h4-6H,1-3H3;1-2H3;/q-1;;+1. The van der Waals surface area contributed by atoms with Crippen molar-refractivity contribution in [1.82, 2.24) is 15.2 Å². The molecule has 0 aromatic carbocycles. The summed E-state index contributed by atoms with van der Waals surface area (Å²) >= 11 is 0. The van der Waals surface area contributed by atoms with E-state index in [4.69, 9.17) is 0 Å². The molecule has 0 bridgehead atoms. The molecule has 4 heteroatoms. The summed E-state index contributed by atoms with van der Waals surface area (Å²) < 4.78 is 0. The van der Waals surface area contributed by atoms with Gasteiger partial charge in [0.2, 0.25) is 0 Å². The summed E-state index contributed by atoms with van der Waals surface area (Å²) in [7, 11) is 0. The average molecular weight is 290 g/mol. The zero-order valence-electron chi connectivity index (χ0n) is 11.1. The summed E-state index contributed by atoms with van der Waals surface area (Å²) in [6.07, 6.45) is 3.57. The van der Waals surface area contributed by atoms with E-state index >= 15 is 0 Å². The monoisotopic (exact) mass is 289 g/mol. The van der Waals surface area contributed by atoms with E-state index in [0.29, 0.717) is 0 Å². The van der Waals surface area contributed by atoms with Gasteiger partial charge in [-0.15, -0.1) is 0 Å². The van der Waals surface area contributed by atoms with Crippen molar-refractivity contribution in [2.24, 2.45) is 0 Å². The minimum absolute atomic E-state index is 0. The van der Waals surface area contributed by atoms with Gasteiger partial charge in [-0.25, -0.2) is 0 Å². The van der Waals surface area contributed by atoms with Crippen LogP contribution in [0.5, 0.6) is 0 Å². The van der Waals surface area contributed by atoms with Crippen LogP contribution in [0.15, 0.2) is 18.5 Å². The van der Waals surface area contributed by atoms with Gasteiger partial charge in [-0.1, -0.05) is 46.9 Å². The second-order valence-corrected chi connectivity index (χ2v) is 4.19. The van der Waals surface area contributed by atoms with Crippen LogP contribution in [0.2, 0.25) is 0 Å². The molecule has 0 aliphatic rings. The molecule has 0 aliphatic carbocycles. The van der Waals surface area contributed by atoms with Crippen LogP contribution in [-0.2, 0) is 5.41 Å². The zero-order valence-corrected chi connectivity index (χ0v) is 16.0. The van der Waals surface area contributed by atoms with Crippen LogP contribution < -0.4 is 63.3 Å². The quantitative estimate of drug-likeness (QED) is 0.681. The Balaban J connectivity index is 0.000000711. The SMILES string of the molecule is CC.CC(C)(C)c1ccnc2[n-]ncc12.[Rb+]. The molecule has 2 rings (SSSR count). The van der Waals surface area contributed by atoms with Crippen molar-refractivity contribution in [1.29, 1.82) is 0 Å². The van der Waals surface area contributed by atoms with Crippen molar-refractivity contribution in [3.63, 3.8) is 0 Å². The molecule has 2 aromatic heterocycles. The van der Waals surface area contributed by atoms with Crippen molar-refractivity contribution < 1.29 is 58.2 Å². The molecule has 2 heterocycles. The summed E-state index contributed by atoms with van der Waals surface area (Å²) in [4.78, 5) is 4.14. The molecule has 82 valence electrons. The smallest absolute Gasteiger partial charge is 0.441 e.